The summed E-state index contributed by atoms with van der Waals surface area (Å²) in [5.41, 5.74) is 1.54. The second-order valence-corrected chi connectivity index (χ2v) is 7.87. The third-order valence-corrected chi connectivity index (χ3v) is 5.43. The van der Waals surface area contributed by atoms with E-state index in [1.165, 1.54) is 35.1 Å². The fourth-order valence-corrected chi connectivity index (χ4v) is 4.04. The summed E-state index contributed by atoms with van der Waals surface area (Å²) in [6, 6.07) is 19.7. The molecule has 5 nitrogen and oxygen atoms in total. The first-order valence-corrected chi connectivity index (χ1v) is 10.2. The van der Waals surface area contributed by atoms with Gasteiger partial charge < -0.3 is 9.15 Å². The van der Waals surface area contributed by atoms with Gasteiger partial charge in [0.1, 0.15) is 11.5 Å². The van der Waals surface area contributed by atoms with Gasteiger partial charge in [0.15, 0.2) is 4.32 Å². The third-order valence-electron chi connectivity index (χ3n) is 4.13. The molecule has 0 bridgehead atoms. The van der Waals surface area contributed by atoms with Crippen LogP contribution in [0.2, 0.25) is 0 Å². The highest BCUT2D eigenvalue weighted by molar-refractivity contribution is 8.27. The minimum atomic E-state index is -0.511. The van der Waals surface area contributed by atoms with Crippen LogP contribution in [0, 0.1) is 0 Å². The molecule has 0 saturated carbocycles. The largest absolute Gasteiger partial charge is 0.465 e. The zero-order valence-corrected chi connectivity index (χ0v) is 17.2. The molecule has 0 atom stereocenters. The van der Waals surface area contributed by atoms with Crippen molar-refractivity contribution in [3.63, 3.8) is 0 Å². The van der Waals surface area contributed by atoms with E-state index in [0.29, 0.717) is 20.7 Å². The number of carbonyl (C=O) groups excluding carboxylic acids is 2. The highest BCUT2D eigenvalue weighted by Gasteiger charge is 2.33. The summed E-state index contributed by atoms with van der Waals surface area (Å²) in [6.45, 7) is 0. The Hall–Kier alpha value is -3.42. The van der Waals surface area contributed by atoms with Crippen molar-refractivity contribution in [3.8, 4) is 5.75 Å². The molecule has 1 fully saturated rings. The normalized spacial score (nSPS) is 15.3. The Morgan fingerprint density at radius 1 is 1.03 bits per heavy atom. The molecule has 2 aromatic carbocycles. The van der Waals surface area contributed by atoms with E-state index in [9.17, 15) is 9.59 Å². The molecule has 30 heavy (non-hydrogen) atoms. The topological polar surface area (TPSA) is 59.8 Å². The summed E-state index contributed by atoms with van der Waals surface area (Å²) < 4.78 is 10.9. The van der Waals surface area contributed by atoms with Crippen LogP contribution in [0.1, 0.15) is 11.3 Å². The molecule has 2 heterocycles. The summed E-state index contributed by atoms with van der Waals surface area (Å²) in [7, 11) is 0. The average Bonchev–Trinajstić information content (AvgIpc) is 3.37. The van der Waals surface area contributed by atoms with Crippen LogP contribution < -0.4 is 9.64 Å². The number of thiocarbonyl (C=S) groups is 1. The third kappa shape index (κ3) is 4.59. The van der Waals surface area contributed by atoms with Gasteiger partial charge in [0, 0.05) is 6.08 Å². The molecule has 1 saturated heterocycles. The van der Waals surface area contributed by atoms with Crippen LogP contribution in [0.25, 0.3) is 12.2 Å². The number of carbonyl (C=O) groups is 2. The van der Waals surface area contributed by atoms with E-state index in [4.69, 9.17) is 21.4 Å². The number of thioether (sulfide) groups is 1. The minimum Gasteiger partial charge on any atom is -0.465 e. The quantitative estimate of drug-likeness (QED) is 0.235. The maximum absolute atomic E-state index is 12.8. The Morgan fingerprint density at radius 3 is 2.50 bits per heavy atom. The first-order valence-electron chi connectivity index (χ1n) is 8.96. The number of para-hydroxylation sites is 1. The molecule has 7 heteroatoms. The van der Waals surface area contributed by atoms with Crippen molar-refractivity contribution in [3.05, 3.63) is 95.3 Å². The lowest BCUT2D eigenvalue weighted by atomic mass is 10.2. The van der Waals surface area contributed by atoms with Crippen molar-refractivity contribution in [2.75, 3.05) is 4.90 Å². The van der Waals surface area contributed by atoms with Crippen molar-refractivity contribution >= 4 is 58.0 Å². The fraction of sp³-hybridized carbons (Fsp3) is 0. The van der Waals surface area contributed by atoms with Crippen molar-refractivity contribution < 1.29 is 18.7 Å². The second kappa shape index (κ2) is 8.94. The van der Waals surface area contributed by atoms with Gasteiger partial charge in [-0.15, -0.1) is 0 Å². The standard InChI is InChI=1S/C23H15NO4S2/c25-21(13-12-18-7-4-14-27-18)28-19-10-8-16(9-11-19)15-20-22(26)24(23(29)30-20)17-5-2-1-3-6-17/h1-15H/b13-12+,20-15+. The van der Waals surface area contributed by atoms with Crippen molar-refractivity contribution in [1.82, 2.24) is 0 Å². The number of ether oxygens (including phenoxy) is 1. The van der Waals surface area contributed by atoms with Crippen LogP contribution in [-0.4, -0.2) is 16.2 Å². The number of hydrogen-bond acceptors (Lipinski definition) is 6. The van der Waals surface area contributed by atoms with Gasteiger partial charge in [0.05, 0.1) is 16.9 Å². The molecule has 0 N–H and O–H groups in total. The van der Waals surface area contributed by atoms with E-state index < -0.39 is 5.97 Å². The highest BCUT2D eigenvalue weighted by Crippen LogP contribution is 2.36. The predicted molar refractivity (Wildman–Crippen MR) is 122 cm³/mol. The lowest BCUT2D eigenvalue weighted by Crippen LogP contribution is -2.27. The van der Waals surface area contributed by atoms with Crippen molar-refractivity contribution in [2.45, 2.75) is 0 Å². The molecule has 1 aromatic heterocycles. The van der Waals surface area contributed by atoms with Crippen molar-refractivity contribution in [2.24, 2.45) is 0 Å². The summed E-state index contributed by atoms with van der Waals surface area (Å²) in [5.74, 6) is 0.297. The number of rotatable bonds is 5. The Labute approximate surface area is 182 Å². The molecular weight excluding hydrogens is 418 g/mol. The van der Waals surface area contributed by atoms with E-state index in [2.05, 4.69) is 0 Å². The van der Waals surface area contributed by atoms with E-state index in [-0.39, 0.29) is 5.91 Å². The van der Waals surface area contributed by atoms with Crippen LogP contribution in [-0.2, 0) is 9.59 Å². The number of hydrogen-bond donors (Lipinski definition) is 0. The number of amides is 1. The average molecular weight is 434 g/mol. The zero-order chi connectivity index (χ0) is 20.9. The molecule has 148 valence electrons. The lowest BCUT2D eigenvalue weighted by molar-refractivity contribution is -0.128. The van der Waals surface area contributed by atoms with E-state index in [1.54, 1.807) is 42.5 Å². The monoisotopic (exact) mass is 433 g/mol. The van der Waals surface area contributed by atoms with Gasteiger partial charge >= 0.3 is 5.97 Å². The Kier molecular flexibility index (Phi) is 5.92. The van der Waals surface area contributed by atoms with Crippen LogP contribution in [0.3, 0.4) is 0 Å². The highest BCUT2D eigenvalue weighted by atomic mass is 32.2. The smallest absolute Gasteiger partial charge is 0.336 e. The summed E-state index contributed by atoms with van der Waals surface area (Å²) in [5, 5.41) is 0. The number of benzene rings is 2. The number of furan rings is 1. The number of nitrogens with zero attached hydrogens (tertiary/aromatic N) is 1. The van der Waals surface area contributed by atoms with Gasteiger partial charge in [-0.1, -0.05) is 54.3 Å². The molecular formula is C23H15NO4S2. The Morgan fingerprint density at radius 2 is 1.80 bits per heavy atom. The van der Waals surface area contributed by atoms with Gasteiger partial charge in [0.2, 0.25) is 0 Å². The second-order valence-electron chi connectivity index (χ2n) is 6.19. The molecule has 1 amide bonds. The van der Waals surface area contributed by atoms with Gasteiger partial charge in [-0.3, -0.25) is 9.69 Å². The molecule has 0 unspecified atom stereocenters. The zero-order valence-electron chi connectivity index (χ0n) is 15.6. The van der Waals surface area contributed by atoms with Gasteiger partial charge in [0.25, 0.3) is 5.91 Å². The molecule has 1 aliphatic heterocycles. The van der Waals surface area contributed by atoms with Gasteiger partial charge in [-0.2, -0.15) is 0 Å². The molecule has 3 aromatic rings. The van der Waals surface area contributed by atoms with Crippen LogP contribution in [0.5, 0.6) is 5.75 Å². The number of esters is 1. The SMILES string of the molecule is O=C(/C=C/c1ccco1)Oc1ccc(/C=C2/SC(=S)N(c3ccccc3)C2=O)cc1. The minimum absolute atomic E-state index is 0.158. The number of anilines is 1. The molecule has 1 aliphatic rings. The Balaban J connectivity index is 1.43. The maximum atomic E-state index is 12.8. The summed E-state index contributed by atoms with van der Waals surface area (Å²) >= 11 is 6.63. The first kappa shape index (κ1) is 19.9. The molecule has 0 spiro atoms. The molecule has 0 aliphatic carbocycles. The van der Waals surface area contributed by atoms with Crippen molar-refractivity contribution in [1.29, 1.82) is 0 Å². The maximum Gasteiger partial charge on any atom is 0.336 e. The van der Waals surface area contributed by atoms with Crippen LogP contribution >= 0.6 is 24.0 Å². The lowest BCUT2D eigenvalue weighted by Gasteiger charge is -2.13. The first-order chi connectivity index (χ1) is 14.6. The Bertz CT molecular complexity index is 1130. The summed E-state index contributed by atoms with van der Waals surface area (Å²) in [4.78, 5) is 26.7. The van der Waals surface area contributed by atoms with Gasteiger partial charge in [-0.05, 0) is 54.1 Å². The van der Waals surface area contributed by atoms with Gasteiger partial charge in [-0.25, -0.2) is 4.79 Å². The molecule has 4 rings (SSSR count). The van der Waals surface area contributed by atoms with E-state index in [0.717, 1.165) is 11.3 Å². The summed E-state index contributed by atoms with van der Waals surface area (Å²) in [6.07, 6.45) is 6.12. The van der Waals surface area contributed by atoms with Crippen LogP contribution in [0.15, 0.2) is 88.4 Å². The van der Waals surface area contributed by atoms with E-state index in [1.807, 2.05) is 30.3 Å². The predicted octanol–water partition coefficient (Wildman–Crippen LogP) is 5.30. The van der Waals surface area contributed by atoms with Crippen LogP contribution in [0.4, 0.5) is 5.69 Å². The fourth-order valence-electron chi connectivity index (χ4n) is 2.74. The van der Waals surface area contributed by atoms with E-state index >= 15 is 0 Å². The molecule has 0 radical (unpaired) electrons.